The second kappa shape index (κ2) is 12.2. The number of nitriles is 1. The minimum absolute atomic E-state index is 0.00716. The molecule has 1 aromatic carbocycles. The van der Waals surface area contributed by atoms with Crippen LogP contribution in [0.5, 0.6) is 5.75 Å². The van der Waals surface area contributed by atoms with Gasteiger partial charge in [-0.15, -0.1) is 11.3 Å². The number of methoxy groups -OCH3 is 1. The molecule has 2 aromatic rings. The van der Waals surface area contributed by atoms with Crippen LogP contribution >= 0.6 is 11.3 Å². The number of carbonyl (C=O) groups is 2. The zero-order valence-electron chi connectivity index (χ0n) is 18.8. The molecule has 3 rings (SSSR count). The van der Waals surface area contributed by atoms with Gasteiger partial charge in [0.2, 0.25) is 11.8 Å². The largest absolute Gasteiger partial charge is 0.493 e. The van der Waals surface area contributed by atoms with Crippen LogP contribution in [0.4, 0.5) is 5.00 Å². The maximum absolute atomic E-state index is 12.5. The molecule has 0 unspecified atom stereocenters. The van der Waals surface area contributed by atoms with E-state index in [0.29, 0.717) is 55.6 Å². The molecule has 0 spiro atoms. The molecule has 0 aliphatic carbocycles. The van der Waals surface area contributed by atoms with Crippen LogP contribution in [0, 0.1) is 11.3 Å². The van der Waals surface area contributed by atoms with Crippen molar-refractivity contribution in [2.75, 3.05) is 45.4 Å². The Balaban J connectivity index is 1.66. The molecule has 1 N–H and O–H groups in total. The van der Waals surface area contributed by atoms with Crippen LogP contribution in [0.25, 0.3) is 6.08 Å². The molecule has 33 heavy (non-hydrogen) atoms. The highest BCUT2D eigenvalue weighted by Gasteiger charge is 2.27. The fraction of sp³-hybridized carbons (Fsp3) is 0.375. The van der Waals surface area contributed by atoms with Gasteiger partial charge in [-0.25, -0.2) is 0 Å². The third-order valence-corrected chi connectivity index (χ3v) is 6.18. The summed E-state index contributed by atoms with van der Waals surface area (Å²) < 4.78 is 15.8. The van der Waals surface area contributed by atoms with Crippen LogP contribution in [-0.2, 0) is 32.0 Å². The van der Waals surface area contributed by atoms with Crippen molar-refractivity contribution in [1.29, 1.82) is 5.26 Å². The SMILES string of the molecule is CCOc1ccccc1C=CC(=O)Nc1sc2c(c1C#N)CCN(C(=O)COCCOC)C2. The predicted molar refractivity (Wildman–Crippen MR) is 126 cm³/mol. The zero-order valence-corrected chi connectivity index (χ0v) is 19.6. The van der Waals surface area contributed by atoms with E-state index in [9.17, 15) is 14.9 Å². The number of nitrogens with one attached hydrogen (secondary N) is 1. The van der Waals surface area contributed by atoms with Crippen LogP contribution in [0.1, 0.15) is 28.5 Å². The number of fused-ring (bicyclic) bond motifs is 1. The summed E-state index contributed by atoms with van der Waals surface area (Å²) in [5.74, 6) is 0.255. The number of anilines is 1. The highest BCUT2D eigenvalue weighted by molar-refractivity contribution is 7.16. The van der Waals surface area contributed by atoms with Gasteiger partial charge in [0.05, 0.1) is 31.9 Å². The molecule has 2 amide bonds. The van der Waals surface area contributed by atoms with Crippen LogP contribution in [-0.4, -0.2) is 56.8 Å². The summed E-state index contributed by atoms with van der Waals surface area (Å²) in [7, 11) is 1.58. The average molecular weight is 470 g/mol. The Labute approximate surface area is 197 Å². The van der Waals surface area contributed by atoms with Gasteiger partial charge >= 0.3 is 0 Å². The second-order valence-corrected chi connectivity index (χ2v) is 8.33. The Morgan fingerprint density at radius 3 is 2.88 bits per heavy atom. The highest BCUT2D eigenvalue weighted by atomic mass is 32.1. The van der Waals surface area contributed by atoms with Gasteiger partial charge in [-0.2, -0.15) is 5.26 Å². The summed E-state index contributed by atoms with van der Waals surface area (Å²) in [6, 6.07) is 9.67. The second-order valence-electron chi connectivity index (χ2n) is 7.22. The van der Waals surface area contributed by atoms with Crippen LogP contribution < -0.4 is 10.1 Å². The van der Waals surface area contributed by atoms with Crippen molar-refractivity contribution in [3.8, 4) is 11.8 Å². The summed E-state index contributed by atoms with van der Waals surface area (Å²) in [6.07, 6.45) is 3.67. The standard InChI is InChI=1S/C24H27N3O5S/c1-3-32-20-7-5-4-6-17(20)8-9-22(28)26-24-19(14-25)18-10-11-27(15-21(18)33-24)23(29)16-31-13-12-30-2/h4-9H,3,10-13,15-16H2,1-2H3,(H,26,28). The Hall–Kier alpha value is -3.19. The molecule has 0 saturated heterocycles. The van der Waals surface area contributed by atoms with Crippen LogP contribution in [0.15, 0.2) is 30.3 Å². The maximum Gasteiger partial charge on any atom is 0.249 e. The van der Waals surface area contributed by atoms with Crippen molar-refractivity contribution in [1.82, 2.24) is 4.90 Å². The number of amides is 2. The smallest absolute Gasteiger partial charge is 0.249 e. The molecule has 0 radical (unpaired) electrons. The zero-order chi connectivity index (χ0) is 23.6. The third kappa shape index (κ3) is 6.42. The van der Waals surface area contributed by atoms with E-state index in [1.165, 1.54) is 17.4 Å². The number of carbonyl (C=O) groups excluding carboxylic acids is 2. The lowest BCUT2D eigenvalue weighted by Gasteiger charge is -2.26. The topological polar surface area (TPSA) is 101 Å². The molecule has 1 aliphatic rings. The number of rotatable bonds is 10. The van der Waals surface area contributed by atoms with E-state index >= 15 is 0 Å². The normalized spacial score (nSPS) is 12.9. The fourth-order valence-electron chi connectivity index (χ4n) is 3.44. The molecule has 1 aromatic heterocycles. The fourth-order valence-corrected chi connectivity index (χ4v) is 4.66. The third-order valence-electron chi connectivity index (χ3n) is 5.05. The van der Waals surface area contributed by atoms with Gasteiger partial charge in [-0.05, 0) is 31.1 Å². The Morgan fingerprint density at radius 2 is 2.12 bits per heavy atom. The highest BCUT2D eigenvalue weighted by Crippen LogP contribution is 2.36. The molecule has 0 saturated carbocycles. The number of benzene rings is 1. The molecular formula is C24H27N3O5S. The number of hydrogen-bond donors (Lipinski definition) is 1. The Morgan fingerprint density at radius 1 is 1.30 bits per heavy atom. The number of thiophene rings is 1. The molecule has 174 valence electrons. The average Bonchev–Trinajstić information content (AvgIpc) is 3.17. The molecule has 0 atom stereocenters. The minimum Gasteiger partial charge on any atom is -0.493 e. The maximum atomic E-state index is 12.5. The van der Waals surface area contributed by atoms with Crippen molar-refractivity contribution >= 4 is 34.2 Å². The first-order valence-corrected chi connectivity index (χ1v) is 11.5. The van der Waals surface area contributed by atoms with Crippen molar-refractivity contribution in [2.45, 2.75) is 19.9 Å². The van der Waals surface area contributed by atoms with Gasteiger partial charge in [0.1, 0.15) is 23.4 Å². The Bertz CT molecular complexity index is 1060. The number of para-hydroxylation sites is 1. The van der Waals surface area contributed by atoms with E-state index in [-0.39, 0.29) is 18.4 Å². The first-order valence-electron chi connectivity index (χ1n) is 10.7. The van der Waals surface area contributed by atoms with Crippen LogP contribution in [0.2, 0.25) is 0 Å². The molecule has 2 heterocycles. The monoisotopic (exact) mass is 469 g/mol. The molecular weight excluding hydrogens is 442 g/mol. The summed E-state index contributed by atoms with van der Waals surface area (Å²) in [5, 5.41) is 13.0. The molecule has 0 bridgehead atoms. The number of ether oxygens (including phenoxy) is 3. The Kier molecular flexibility index (Phi) is 9.01. The summed E-state index contributed by atoms with van der Waals surface area (Å²) in [5.41, 5.74) is 2.16. The van der Waals surface area contributed by atoms with Crippen molar-refractivity contribution < 1.29 is 23.8 Å². The van der Waals surface area contributed by atoms with E-state index in [1.807, 2.05) is 31.2 Å². The van der Waals surface area contributed by atoms with Gasteiger partial charge in [-0.3, -0.25) is 9.59 Å². The first-order chi connectivity index (χ1) is 16.1. The van der Waals surface area contributed by atoms with Gasteiger partial charge in [0.15, 0.2) is 0 Å². The minimum atomic E-state index is -0.337. The summed E-state index contributed by atoms with van der Waals surface area (Å²) in [6.45, 7) is 4.12. The van der Waals surface area contributed by atoms with E-state index in [0.717, 1.165) is 16.0 Å². The number of hydrogen-bond acceptors (Lipinski definition) is 7. The van der Waals surface area contributed by atoms with E-state index in [1.54, 1.807) is 18.1 Å². The first kappa shape index (κ1) is 24.5. The van der Waals surface area contributed by atoms with Gasteiger partial charge < -0.3 is 24.4 Å². The lowest BCUT2D eigenvalue weighted by atomic mass is 10.0. The quantitative estimate of drug-likeness (QED) is 0.424. The molecule has 8 nitrogen and oxygen atoms in total. The number of nitrogens with zero attached hydrogens (tertiary/aromatic N) is 2. The lowest BCUT2D eigenvalue weighted by molar-refractivity contribution is -0.137. The van der Waals surface area contributed by atoms with Crippen molar-refractivity contribution in [2.24, 2.45) is 0 Å². The summed E-state index contributed by atoms with van der Waals surface area (Å²) >= 11 is 1.33. The predicted octanol–water partition coefficient (Wildman–Crippen LogP) is 3.22. The van der Waals surface area contributed by atoms with Gasteiger partial charge in [0, 0.05) is 30.2 Å². The van der Waals surface area contributed by atoms with Crippen molar-refractivity contribution in [3.05, 3.63) is 51.9 Å². The van der Waals surface area contributed by atoms with Crippen LogP contribution in [0.3, 0.4) is 0 Å². The van der Waals surface area contributed by atoms with Gasteiger partial charge in [-0.1, -0.05) is 18.2 Å². The van der Waals surface area contributed by atoms with Gasteiger partial charge in [0.25, 0.3) is 0 Å². The molecule has 0 fully saturated rings. The van der Waals surface area contributed by atoms with E-state index < -0.39 is 0 Å². The van der Waals surface area contributed by atoms with E-state index in [2.05, 4.69) is 11.4 Å². The van der Waals surface area contributed by atoms with Crippen molar-refractivity contribution in [3.63, 3.8) is 0 Å². The molecule has 9 heteroatoms. The summed E-state index contributed by atoms with van der Waals surface area (Å²) in [4.78, 5) is 27.6. The van der Waals surface area contributed by atoms with E-state index in [4.69, 9.17) is 14.2 Å². The lowest BCUT2D eigenvalue weighted by Crippen LogP contribution is -2.38. The molecule has 1 aliphatic heterocycles.